The molecule has 0 saturated carbocycles. The van der Waals surface area contributed by atoms with Gasteiger partial charge in [0.25, 0.3) is 0 Å². The highest BCUT2D eigenvalue weighted by Gasteiger charge is 2.08. The standard InChI is InChI=1S/C10H10N2O3/c1-2-14-10(13)15-9-7-12-6-4-3-5-8(12)11-9/h3-7H,2H2,1H3. The van der Waals surface area contributed by atoms with Crippen molar-refractivity contribution in [1.29, 1.82) is 0 Å². The lowest BCUT2D eigenvalue weighted by Crippen LogP contribution is -2.10. The van der Waals surface area contributed by atoms with Crippen molar-refractivity contribution in [3.8, 4) is 5.88 Å². The van der Waals surface area contributed by atoms with Crippen LogP contribution in [0.5, 0.6) is 5.88 Å². The largest absolute Gasteiger partial charge is 0.515 e. The molecule has 0 unspecified atom stereocenters. The molecule has 0 atom stereocenters. The summed E-state index contributed by atoms with van der Waals surface area (Å²) in [5, 5.41) is 0. The summed E-state index contributed by atoms with van der Waals surface area (Å²) in [5.41, 5.74) is 0.719. The van der Waals surface area contributed by atoms with E-state index >= 15 is 0 Å². The van der Waals surface area contributed by atoms with Crippen LogP contribution in [0.3, 0.4) is 0 Å². The van der Waals surface area contributed by atoms with E-state index in [0.717, 1.165) is 5.65 Å². The van der Waals surface area contributed by atoms with E-state index in [1.807, 2.05) is 24.4 Å². The molecule has 0 saturated heterocycles. The maximum Gasteiger partial charge on any atom is 0.515 e. The summed E-state index contributed by atoms with van der Waals surface area (Å²) >= 11 is 0. The van der Waals surface area contributed by atoms with E-state index in [4.69, 9.17) is 4.74 Å². The summed E-state index contributed by atoms with van der Waals surface area (Å²) < 4.78 is 11.2. The Balaban J connectivity index is 2.18. The number of aromatic nitrogens is 2. The van der Waals surface area contributed by atoms with Gasteiger partial charge < -0.3 is 13.9 Å². The van der Waals surface area contributed by atoms with Gasteiger partial charge in [0.2, 0.25) is 5.88 Å². The molecule has 78 valence electrons. The molecule has 0 aliphatic rings. The van der Waals surface area contributed by atoms with Gasteiger partial charge in [0, 0.05) is 6.20 Å². The minimum absolute atomic E-state index is 0.236. The average Bonchev–Trinajstić information content (AvgIpc) is 2.59. The fraction of sp³-hybridized carbons (Fsp3) is 0.200. The molecule has 0 aromatic carbocycles. The first-order chi connectivity index (χ1) is 7.29. The molecule has 2 aromatic rings. The molecule has 5 nitrogen and oxygen atoms in total. The SMILES string of the molecule is CCOC(=O)Oc1cn2ccccc2n1. The Morgan fingerprint density at radius 1 is 1.53 bits per heavy atom. The van der Waals surface area contributed by atoms with Crippen molar-refractivity contribution in [3.63, 3.8) is 0 Å². The molecule has 0 aliphatic carbocycles. The van der Waals surface area contributed by atoms with Crippen molar-refractivity contribution in [2.45, 2.75) is 6.92 Å². The summed E-state index contributed by atoms with van der Waals surface area (Å²) in [6.07, 6.45) is 2.70. The van der Waals surface area contributed by atoms with Gasteiger partial charge in [0.05, 0.1) is 12.8 Å². The summed E-state index contributed by atoms with van der Waals surface area (Å²) in [4.78, 5) is 15.1. The first-order valence-corrected chi connectivity index (χ1v) is 4.58. The van der Waals surface area contributed by atoms with E-state index in [9.17, 15) is 4.79 Å². The number of hydrogen-bond donors (Lipinski definition) is 0. The lowest BCUT2D eigenvalue weighted by Gasteiger charge is -1.98. The van der Waals surface area contributed by atoms with Crippen LogP contribution in [0.15, 0.2) is 30.6 Å². The Labute approximate surface area is 86.3 Å². The maximum atomic E-state index is 11.0. The third-order valence-corrected chi connectivity index (χ3v) is 1.79. The number of hydrogen-bond acceptors (Lipinski definition) is 4. The number of nitrogens with zero attached hydrogens (tertiary/aromatic N) is 2. The molecule has 5 heteroatoms. The highest BCUT2D eigenvalue weighted by atomic mass is 16.7. The third kappa shape index (κ3) is 2.07. The summed E-state index contributed by atoms with van der Waals surface area (Å²) in [6.45, 7) is 2.00. The zero-order valence-corrected chi connectivity index (χ0v) is 8.21. The highest BCUT2D eigenvalue weighted by molar-refractivity contribution is 5.63. The van der Waals surface area contributed by atoms with E-state index in [1.165, 1.54) is 0 Å². The Morgan fingerprint density at radius 2 is 2.40 bits per heavy atom. The Hall–Kier alpha value is -2.04. The molecule has 0 radical (unpaired) electrons. The van der Waals surface area contributed by atoms with Crippen LogP contribution in [-0.4, -0.2) is 22.1 Å². The molecule has 0 spiro atoms. The van der Waals surface area contributed by atoms with Crippen LogP contribution in [0.1, 0.15) is 6.92 Å². The first kappa shape index (κ1) is 9.51. The molecule has 2 rings (SSSR count). The van der Waals surface area contributed by atoms with Crippen LogP contribution < -0.4 is 4.74 Å². The molecule has 0 bridgehead atoms. The zero-order valence-electron chi connectivity index (χ0n) is 8.21. The van der Waals surface area contributed by atoms with Crippen molar-refractivity contribution >= 4 is 11.8 Å². The normalized spacial score (nSPS) is 10.2. The quantitative estimate of drug-likeness (QED) is 0.704. The molecule has 2 heterocycles. The van der Waals surface area contributed by atoms with Gasteiger partial charge >= 0.3 is 6.16 Å². The highest BCUT2D eigenvalue weighted by Crippen LogP contribution is 2.11. The van der Waals surface area contributed by atoms with Crippen LogP contribution in [0.25, 0.3) is 5.65 Å². The molecule has 0 amide bonds. The summed E-state index contributed by atoms with van der Waals surface area (Å²) in [5.74, 6) is 0.236. The monoisotopic (exact) mass is 206 g/mol. The van der Waals surface area contributed by atoms with E-state index in [-0.39, 0.29) is 12.5 Å². The van der Waals surface area contributed by atoms with Crippen LogP contribution in [0, 0.1) is 0 Å². The Morgan fingerprint density at radius 3 is 3.13 bits per heavy atom. The second-order valence-electron chi connectivity index (χ2n) is 2.83. The molecular formula is C10H10N2O3. The number of ether oxygens (including phenoxy) is 2. The molecule has 2 aromatic heterocycles. The predicted octanol–water partition coefficient (Wildman–Crippen LogP) is 1.87. The summed E-state index contributed by atoms with van der Waals surface area (Å²) in [7, 11) is 0. The number of carbonyl (C=O) groups excluding carboxylic acids is 1. The zero-order chi connectivity index (χ0) is 10.7. The second kappa shape index (κ2) is 4.00. The molecular weight excluding hydrogens is 196 g/mol. The van der Waals surface area contributed by atoms with Crippen LogP contribution in [-0.2, 0) is 4.74 Å². The van der Waals surface area contributed by atoms with E-state index in [1.54, 1.807) is 17.5 Å². The number of carbonyl (C=O) groups is 1. The smallest absolute Gasteiger partial charge is 0.434 e. The van der Waals surface area contributed by atoms with Gasteiger partial charge in [0.15, 0.2) is 0 Å². The van der Waals surface area contributed by atoms with Crippen molar-refractivity contribution in [1.82, 2.24) is 9.38 Å². The number of rotatable bonds is 2. The van der Waals surface area contributed by atoms with Gasteiger partial charge in [-0.05, 0) is 19.1 Å². The topological polar surface area (TPSA) is 52.8 Å². The molecule has 0 aliphatic heterocycles. The van der Waals surface area contributed by atoms with Gasteiger partial charge in [-0.2, -0.15) is 4.98 Å². The Kier molecular flexibility index (Phi) is 2.53. The van der Waals surface area contributed by atoms with Crippen molar-refractivity contribution < 1.29 is 14.3 Å². The van der Waals surface area contributed by atoms with Crippen LogP contribution in [0.2, 0.25) is 0 Å². The average molecular weight is 206 g/mol. The van der Waals surface area contributed by atoms with E-state index < -0.39 is 6.16 Å². The minimum atomic E-state index is -0.735. The fourth-order valence-corrected chi connectivity index (χ4v) is 1.19. The predicted molar refractivity (Wildman–Crippen MR) is 52.8 cm³/mol. The lowest BCUT2D eigenvalue weighted by atomic mass is 10.5. The molecule has 0 N–H and O–H groups in total. The summed E-state index contributed by atoms with van der Waals surface area (Å²) in [6, 6.07) is 5.54. The van der Waals surface area contributed by atoms with Crippen LogP contribution >= 0.6 is 0 Å². The fourth-order valence-electron chi connectivity index (χ4n) is 1.19. The second-order valence-corrected chi connectivity index (χ2v) is 2.83. The Bertz CT molecular complexity index is 445. The van der Waals surface area contributed by atoms with E-state index in [0.29, 0.717) is 0 Å². The van der Waals surface area contributed by atoms with Crippen LogP contribution in [0.4, 0.5) is 4.79 Å². The van der Waals surface area contributed by atoms with Crippen molar-refractivity contribution in [2.24, 2.45) is 0 Å². The van der Waals surface area contributed by atoms with Crippen molar-refractivity contribution in [2.75, 3.05) is 6.61 Å². The van der Waals surface area contributed by atoms with Gasteiger partial charge in [0.1, 0.15) is 5.65 Å². The molecule has 15 heavy (non-hydrogen) atoms. The third-order valence-electron chi connectivity index (χ3n) is 1.79. The van der Waals surface area contributed by atoms with Gasteiger partial charge in [-0.3, -0.25) is 0 Å². The van der Waals surface area contributed by atoms with E-state index in [2.05, 4.69) is 9.72 Å². The maximum absolute atomic E-state index is 11.0. The number of fused-ring (bicyclic) bond motifs is 1. The van der Waals surface area contributed by atoms with Gasteiger partial charge in [-0.25, -0.2) is 4.79 Å². The number of imidazole rings is 1. The van der Waals surface area contributed by atoms with Gasteiger partial charge in [-0.15, -0.1) is 0 Å². The molecule has 0 fully saturated rings. The van der Waals surface area contributed by atoms with Crippen molar-refractivity contribution in [3.05, 3.63) is 30.6 Å². The minimum Gasteiger partial charge on any atom is -0.434 e. The lowest BCUT2D eigenvalue weighted by molar-refractivity contribution is 0.103. The first-order valence-electron chi connectivity index (χ1n) is 4.58. The number of pyridine rings is 1. The van der Waals surface area contributed by atoms with Gasteiger partial charge in [-0.1, -0.05) is 6.07 Å².